The second-order valence-electron chi connectivity index (χ2n) is 16.9. The second kappa shape index (κ2) is 16.0. The molecule has 0 N–H and O–H groups in total. The molecule has 0 saturated carbocycles. The summed E-state index contributed by atoms with van der Waals surface area (Å²) in [5, 5.41) is 2.01. The van der Waals surface area contributed by atoms with Crippen LogP contribution in [0.2, 0.25) is 0 Å². The standard InChI is InChI=1S/C55H45N5O.Pt/c1-54(2,3)39-28-30-56-51(33-39)60-48-24-14-13-21-46(48)47-27-26-42(35-50(47)60)61-43-32-40(55(4,5)6)31-41(34-43)58-36-59(49-25-16-29-57-53(49)58)52-44(37-17-9-7-10-18-37)22-15-23-45(52)38-19-11-8-12-20-38;/h7-33H,1-6H3;/q-2;/i7D,8D,9D,10D,11D,12D,17D,18D,19D,20D;. The molecule has 0 atom stereocenters. The van der Waals surface area contributed by atoms with Crippen molar-refractivity contribution in [3.63, 3.8) is 0 Å². The Bertz CT molecular complexity index is 3710. The number of nitrogens with zero attached hydrogens (tertiary/aromatic N) is 5. The average molecular weight is 997 g/mol. The van der Waals surface area contributed by atoms with Crippen LogP contribution >= 0.6 is 0 Å². The van der Waals surface area contributed by atoms with Crippen molar-refractivity contribution in [1.29, 1.82) is 0 Å². The average Bonchev–Trinajstić information content (AvgIpc) is 3.89. The number of rotatable bonds is 7. The fourth-order valence-corrected chi connectivity index (χ4v) is 7.67. The maximum absolute atomic E-state index is 9.05. The zero-order valence-corrected chi connectivity index (χ0v) is 37.0. The van der Waals surface area contributed by atoms with Crippen molar-refractivity contribution in [3.8, 4) is 50.9 Å². The van der Waals surface area contributed by atoms with Gasteiger partial charge >= 0.3 is 0 Å². The Morgan fingerprint density at radius 3 is 2.02 bits per heavy atom. The van der Waals surface area contributed by atoms with Gasteiger partial charge in [0.05, 0.1) is 19.4 Å². The van der Waals surface area contributed by atoms with E-state index in [4.69, 9.17) is 28.4 Å². The van der Waals surface area contributed by atoms with Gasteiger partial charge in [0, 0.05) is 50.5 Å². The summed E-state index contributed by atoms with van der Waals surface area (Å²) < 4.78 is 99.4. The molecule has 0 aliphatic heterocycles. The normalized spacial score (nSPS) is 14.2. The van der Waals surface area contributed by atoms with Crippen molar-refractivity contribution in [1.82, 2.24) is 19.1 Å². The van der Waals surface area contributed by atoms with Crippen LogP contribution in [0.3, 0.4) is 0 Å². The fraction of sp³-hybridized carbons (Fsp3) is 0.145. The Hall–Kier alpha value is -6.62. The van der Waals surface area contributed by atoms with Crippen LogP contribution in [-0.2, 0) is 31.9 Å². The number of aromatic nitrogens is 5. The zero-order valence-electron chi connectivity index (χ0n) is 44.8. The molecule has 7 heteroatoms. The summed E-state index contributed by atoms with van der Waals surface area (Å²) in [5.41, 5.74) is 4.52. The molecule has 4 heterocycles. The smallest absolute Gasteiger partial charge is 0.269 e. The number of hydrogen-bond acceptors (Lipinski definition) is 3. The van der Waals surface area contributed by atoms with E-state index in [9.17, 15) is 0 Å². The largest absolute Gasteiger partial charge is 0.510 e. The minimum absolute atomic E-state index is 0. The van der Waals surface area contributed by atoms with E-state index < -0.39 is 65.8 Å². The summed E-state index contributed by atoms with van der Waals surface area (Å²) in [4.78, 5) is 9.62. The van der Waals surface area contributed by atoms with Gasteiger partial charge in [-0.3, -0.25) is 14.1 Å². The molecular weight excluding hydrogens is 942 g/mol. The minimum Gasteiger partial charge on any atom is -0.510 e. The van der Waals surface area contributed by atoms with Gasteiger partial charge in [-0.2, -0.15) is 17.7 Å². The van der Waals surface area contributed by atoms with Crippen molar-refractivity contribution in [2.24, 2.45) is 0 Å². The van der Waals surface area contributed by atoms with Crippen LogP contribution in [0.1, 0.15) is 66.4 Å². The predicted octanol–water partition coefficient (Wildman–Crippen LogP) is 12.9. The number of imidazole rings is 1. The van der Waals surface area contributed by atoms with E-state index in [1.54, 1.807) is 45.7 Å². The van der Waals surface area contributed by atoms with Gasteiger partial charge in [-0.25, -0.2) is 4.98 Å². The SMILES string of the molecule is [2H]c1c([2H])c([2H])c(-c2cccc(-c3c([2H])c([2H])c([2H])c([2H])c3[2H])c2-[n+]2[c-]n(-c3[c-]c(Oc4[c-]c5c(cc4)c4ccccc4n5-c4cc(C(C)(C)C)ccn4)cc(C(C)(C)C)c3)c3ncccc32)c([2H])c1[2H].[Pt]. The van der Waals surface area contributed by atoms with Crippen molar-refractivity contribution < 1.29 is 44.1 Å². The molecule has 0 aliphatic rings. The molecule has 0 bridgehead atoms. The Morgan fingerprint density at radius 1 is 0.629 bits per heavy atom. The van der Waals surface area contributed by atoms with Crippen molar-refractivity contribution in [3.05, 3.63) is 193 Å². The van der Waals surface area contributed by atoms with Crippen LogP contribution in [0.5, 0.6) is 11.5 Å². The fourth-order valence-electron chi connectivity index (χ4n) is 7.67. The molecule has 10 rings (SSSR count). The van der Waals surface area contributed by atoms with Crippen LogP contribution in [0, 0.1) is 18.5 Å². The molecule has 0 spiro atoms. The van der Waals surface area contributed by atoms with Gasteiger partial charge < -0.3 is 9.30 Å². The first kappa shape index (κ1) is 30.4. The molecule has 0 unspecified atom stereocenters. The van der Waals surface area contributed by atoms with Crippen LogP contribution in [0.25, 0.3) is 72.4 Å². The molecule has 6 aromatic carbocycles. The van der Waals surface area contributed by atoms with Gasteiger partial charge in [-0.1, -0.05) is 144 Å². The first-order valence-corrected chi connectivity index (χ1v) is 19.9. The first-order valence-electron chi connectivity index (χ1n) is 24.9. The van der Waals surface area contributed by atoms with Crippen LogP contribution in [-0.4, -0.2) is 19.1 Å². The van der Waals surface area contributed by atoms with E-state index in [0.29, 0.717) is 28.4 Å². The van der Waals surface area contributed by atoms with Crippen LogP contribution < -0.4 is 9.30 Å². The van der Waals surface area contributed by atoms with Crippen molar-refractivity contribution in [2.75, 3.05) is 0 Å². The summed E-state index contributed by atoms with van der Waals surface area (Å²) in [6.07, 6.45) is 6.85. The third-order valence-electron chi connectivity index (χ3n) is 10.8. The molecule has 0 aliphatic carbocycles. The second-order valence-corrected chi connectivity index (χ2v) is 16.9. The number of para-hydroxylation sites is 2. The van der Waals surface area contributed by atoms with E-state index in [-0.39, 0.29) is 54.4 Å². The quantitative estimate of drug-likeness (QED) is 0.118. The van der Waals surface area contributed by atoms with Gasteiger partial charge in [0.1, 0.15) is 11.3 Å². The first-order chi connectivity index (χ1) is 33.6. The molecule has 0 amide bonds. The van der Waals surface area contributed by atoms with Gasteiger partial charge in [0.15, 0.2) is 5.65 Å². The van der Waals surface area contributed by atoms with Crippen molar-refractivity contribution in [2.45, 2.75) is 52.4 Å². The maximum Gasteiger partial charge on any atom is 0.269 e. The molecule has 0 saturated heterocycles. The molecule has 0 radical (unpaired) electrons. The van der Waals surface area contributed by atoms with E-state index in [1.807, 2.05) is 48.7 Å². The van der Waals surface area contributed by atoms with Crippen molar-refractivity contribution >= 4 is 33.0 Å². The van der Waals surface area contributed by atoms with E-state index in [1.165, 1.54) is 0 Å². The van der Waals surface area contributed by atoms with Gasteiger partial charge in [0.2, 0.25) is 0 Å². The number of hydrogen-bond donors (Lipinski definition) is 0. The van der Waals surface area contributed by atoms with E-state index in [0.717, 1.165) is 38.8 Å². The summed E-state index contributed by atoms with van der Waals surface area (Å²) in [6.45, 7) is 12.7. The summed E-state index contributed by atoms with van der Waals surface area (Å²) in [6, 6.07) is 29.9. The molecule has 10 aromatic rings. The molecule has 308 valence electrons. The topological polar surface area (TPSA) is 48.8 Å². The minimum atomic E-state index is -0.581. The molecule has 0 fully saturated rings. The van der Waals surface area contributed by atoms with Gasteiger partial charge in [0.25, 0.3) is 6.33 Å². The monoisotopic (exact) mass is 996 g/mol. The number of fused-ring (bicyclic) bond motifs is 4. The van der Waals surface area contributed by atoms with Crippen LogP contribution in [0.4, 0.5) is 0 Å². The number of ether oxygens (including phenoxy) is 1. The zero-order chi connectivity index (χ0) is 50.6. The summed E-state index contributed by atoms with van der Waals surface area (Å²) in [7, 11) is 0. The molecule has 62 heavy (non-hydrogen) atoms. The Balaban J connectivity index is 0.00000640. The molecular formula is C55H45N5OPt-2. The number of pyridine rings is 2. The van der Waals surface area contributed by atoms with E-state index in [2.05, 4.69) is 82.8 Å². The third kappa shape index (κ3) is 7.43. The van der Waals surface area contributed by atoms with Gasteiger partial charge in [-0.15, -0.1) is 29.7 Å². The summed E-state index contributed by atoms with van der Waals surface area (Å²) >= 11 is 0. The Labute approximate surface area is 391 Å². The molecule has 6 nitrogen and oxygen atoms in total. The number of benzene rings is 6. The van der Waals surface area contributed by atoms with Crippen LogP contribution in [0.15, 0.2) is 164 Å². The third-order valence-corrected chi connectivity index (χ3v) is 10.8. The molecule has 4 aromatic heterocycles. The van der Waals surface area contributed by atoms with E-state index >= 15 is 0 Å². The maximum atomic E-state index is 9.05. The predicted molar refractivity (Wildman–Crippen MR) is 246 cm³/mol. The Kier molecular flexibility index (Phi) is 7.85. The summed E-state index contributed by atoms with van der Waals surface area (Å²) in [5.74, 6) is 1.53. The Morgan fingerprint density at radius 2 is 1.32 bits per heavy atom. The van der Waals surface area contributed by atoms with Gasteiger partial charge in [-0.05, 0) is 80.1 Å².